The minimum absolute atomic E-state index is 0.132. The lowest BCUT2D eigenvalue weighted by Crippen LogP contribution is -2.34. The van der Waals surface area contributed by atoms with E-state index >= 15 is 0 Å². The number of carbonyl (C=O) groups excluding carboxylic acids is 2. The van der Waals surface area contributed by atoms with E-state index in [0.717, 1.165) is 6.26 Å². The maximum atomic E-state index is 12.3. The van der Waals surface area contributed by atoms with Crippen LogP contribution in [0.2, 0.25) is 5.02 Å². The summed E-state index contributed by atoms with van der Waals surface area (Å²) in [7, 11) is -1.83. The van der Waals surface area contributed by atoms with Crippen molar-refractivity contribution in [1.82, 2.24) is 4.90 Å². The van der Waals surface area contributed by atoms with E-state index in [4.69, 9.17) is 11.6 Å². The van der Waals surface area contributed by atoms with E-state index < -0.39 is 9.84 Å². The molecule has 0 radical (unpaired) electrons. The summed E-state index contributed by atoms with van der Waals surface area (Å²) in [5.74, 6) is -0.739. The minimum atomic E-state index is -3.32. The van der Waals surface area contributed by atoms with Crippen LogP contribution < -0.4 is 5.32 Å². The Labute approximate surface area is 151 Å². The number of sulfone groups is 1. The highest BCUT2D eigenvalue weighted by atomic mass is 35.5. The van der Waals surface area contributed by atoms with Gasteiger partial charge in [0, 0.05) is 29.6 Å². The third-order valence-electron chi connectivity index (χ3n) is 3.38. The predicted molar refractivity (Wildman–Crippen MR) is 96.6 cm³/mol. The Morgan fingerprint density at radius 2 is 1.60 bits per heavy atom. The molecule has 25 heavy (non-hydrogen) atoms. The molecule has 0 aliphatic heterocycles. The normalized spacial score (nSPS) is 11.0. The van der Waals surface area contributed by atoms with Gasteiger partial charge in [-0.25, -0.2) is 8.42 Å². The number of carbonyl (C=O) groups is 2. The van der Waals surface area contributed by atoms with Crippen molar-refractivity contribution in [3.8, 4) is 0 Å². The van der Waals surface area contributed by atoms with Crippen LogP contribution in [0.4, 0.5) is 5.69 Å². The van der Waals surface area contributed by atoms with Gasteiger partial charge in [-0.15, -0.1) is 0 Å². The molecule has 1 N–H and O–H groups in total. The Hall–Kier alpha value is -2.38. The molecule has 2 rings (SSSR count). The Balaban J connectivity index is 1.99. The largest absolute Gasteiger partial charge is 0.332 e. The second-order valence-electron chi connectivity index (χ2n) is 5.51. The lowest BCUT2D eigenvalue weighted by atomic mass is 10.2. The molecular weight excluding hydrogens is 364 g/mol. The topological polar surface area (TPSA) is 83.6 Å². The SMILES string of the molecule is CN(CC(=O)Nc1ccc(Cl)cc1)C(=O)c1ccc(S(C)(=O)=O)cc1. The van der Waals surface area contributed by atoms with Gasteiger partial charge in [-0.05, 0) is 48.5 Å². The smallest absolute Gasteiger partial charge is 0.254 e. The number of nitrogens with one attached hydrogen (secondary N) is 1. The van der Waals surface area contributed by atoms with Crippen LogP contribution in [0.5, 0.6) is 0 Å². The fourth-order valence-corrected chi connectivity index (χ4v) is 2.84. The highest BCUT2D eigenvalue weighted by molar-refractivity contribution is 7.90. The molecule has 2 amide bonds. The Morgan fingerprint density at radius 3 is 2.12 bits per heavy atom. The summed E-state index contributed by atoms with van der Waals surface area (Å²) in [6.45, 7) is -0.144. The van der Waals surface area contributed by atoms with Crippen molar-refractivity contribution in [2.24, 2.45) is 0 Å². The molecule has 0 saturated heterocycles. The van der Waals surface area contributed by atoms with Crippen LogP contribution in [-0.4, -0.2) is 45.0 Å². The second-order valence-corrected chi connectivity index (χ2v) is 7.96. The zero-order valence-corrected chi connectivity index (χ0v) is 15.3. The second kappa shape index (κ2) is 7.67. The first kappa shape index (κ1) is 19.0. The van der Waals surface area contributed by atoms with E-state index in [1.165, 1.54) is 36.2 Å². The van der Waals surface area contributed by atoms with Crippen LogP contribution in [0.25, 0.3) is 0 Å². The van der Waals surface area contributed by atoms with Gasteiger partial charge in [0.15, 0.2) is 9.84 Å². The predicted octanol–water partition coefficient (Wildman–Crippen LogP) is 2.45. The van der Waals surface area contributed by atoms with Crippen molar-refractivity contribution in [3.05, 3.63) is 59.1 Å². The van der Waals surface area contributed by atoms with Crippen molar-refractivity contribution in [3.63, 3.8) is 0 Å². The molecule has 2 aromatic rings. The van der Waals surface area contributed by atoms with Gasteiger partial charge in [0.1, 0.15) is 0 Å². The van der Waals surface area contributed by atoms with Crippen molar-refractivity contribution >= 4 is 38.9 Å². The van der Waals surface area contributed by atoms with Crippen molar-refractivity contribution in [2.45, 2.75) is 4.90 Å². The summed E-state index contributed by atoms with van der Waals surface area (Å²) < 4.78 is 22.9. The highest BCUT2D eigenvalue weighted by Gasteiger charge is 2.16. The molecule has 0 aromatic heterocycles. The summed E-state index contributed by atoms with van der Waals surface area (Å²) >= 11 is 5.78. The van der Waals surface area contributed by atoms with Crippen molar-refractivity contribution < 1.29 is 18.0 Å². The van der Waals surface area contributed by atoms with Crippen LogP contribution in [0.1, 0.15) is 10.4 Å². The zero-order chi connectivity index (χ0) is 18.6. The first-order valence-electron chi connectivity index (χ1n) is 7.28. The molecule has 0 atom stereocenters. The summed E-state index contributed by atoms with van der Waals surface area (Å²) in [5, 5.41) is 3.22. The number of likely N-dealkylation sites (N-methyl/N-ethyl adjacent to an activating group) is 1. The number of rotatable bonds is 5. The molecule has 0 fully saturated rings. The molecule has 132 valence electrons. The number of hydrogen-bond donors (Lipinski definition) is 1. The van der Waals surface area contributed by atoms with E-state index in [1.807, 2.05) is 0 Å². The maximum Gasteiger partial charge on any atom is 0.254 e. The van der Waals surface area contributed by atoms with Gasteiger partial charge in [-0.2, -0.15) is 0 Å². The molecule has 2 aromatic carbocycles. The van der Waals surface area contributed by atoms with Crippen molar-refractivity contribution in [1.29, 1.82) is 0 Å². The molecular formula is C17H17ClN2O4S. The molecule has 0 saturated carbocycles. The molecule has 0 aliphatic rings. The van der Waals surface area contributed by atoms with Gasteiger partial charge < -0.3 is 10.2 Å². The number of hydrogen-bond acceptors (Lipinski definition) is 4. The zero-order valence-electron chi connectivity index (χ0n) is 13.7. The monoisotopic (exact) mass is 380 g/mol. The van der Waals surface area contributed by atoms with Crippen LogP contribution >= 0.6 is 11.6 Å². The van der Waals surface area contributed by atoms with Gasteiger partial charge in [0.05, 0.1) is 11.4 Å². The standard InChI is InChI=1S/C17H17ClN2O4S/c1-20(11-16(21)19-14-7-5-13(18)6-8-14)17(22)12-3-9-15(10-4-12)25(2,23)24/h3-10H,11H2,1-2H3,(H,19,21). The Kier molecular flexibility index (Phi) is 5.81. The number of amides is 2. The first-order valence-corrected chi connectivity index (χ1v) is 9.55. The van der Waals surface area contributed by atoms with E-state index in [-0.39, 0.29) is 23.3 Å². The molecule has 0 bridgehead atoms. The van der Waals surface area contributed by atoms with Crippen LogP contribution in [0.3, 0.4) is 0 Å². The lowest BCUT2D eigenvalue weighted by molar-refractivity contribution is -0.116. The maximum absolute atomic E-state index is 12.3. The fourth-order valence-electron chi connectivity index (χ4n) is 2.09. The molecule has 6 nitrogen and oxygen atoms in total. The first-order chi connectivity index (χ1) is 11.7. The van der Waals surface area contributed by atoms with Gasteiger partial charge >= 0.3 is 0 Å². The average molecular weight is 381 g/mol. The van der Waals surface area contributed by atoms with Gasteiger partial charge in [0.25, 0.3) is 5.91 Å². The Bertz CT molecular complexity index is 878. The van der Waals surface area contributed by atoms with Gasteiger partial charge in [-0.1, -0.05) is 11.6 Å². The molecule has 0 heterocycles. The molecule has 0 unspecified atom stereocenters. The van der Waals surface area contributed by atoms with Crippen LogP contribution in [0.15, 0.2) is 53.4 Å². The number of anilines is 1. The minimum Gasteiger partial charge on any atom is -0.332 e. The summed E-state index contributed by atoms with van der Waals surface area (Å²) in [6, 6.07) is 12.2. The highest BCUT2D eigenvalue weighted by Crippen LogP contribution is 2.14. The summed E-state index contributed by atoms with van der Waals surface area (Å²) in [6.07, 6.45) is 1.09. The summed E-state index contributed by atoms with van der Waals surface area (Å²) in [4.78, 5) is 25.7. The van der Waals surface area contributed by atoms with Crippen LogP contribution in [-0.2, 0) is 14.6 Å². The Morgan fingerprint density at radius 1 is 1.04 bits per heavy atom. The van der Waals surface area contributed by atoms with Crippen LogP contribution in [0, 0.1) is 0 Å². The molecule has 0 aliphatic carbocycles. The number of benzene rings is 2. The van der Waals surface area contributed by atoms with Gasteiger partial charge in [0.2, 0.25) is 5.91 Å². The van der Waals surface area contributed by atoms with E-state index in [0.29, 0.717) is 16.3 Å². The van der Waals surface area contributed by atoms with E-state index in [9.17, 15) is 18.0 Å². The van der Waals surface area contributed by atoms with Crippen molar-refractivity contribution in [2.75, 3.05) is 25.2 Å². The lowest BCUT2D eigenvalue weighted by Gasteiger charge is -2.17. The third-order valence-corrected chi connectivity index (χ3v) is 4.77. The van der Waals surface area contributed by atoms with E-state index in [2.05, 4.69) is 5.32 Å². The number of nitrogens with zero attached hydrogens (tertiary/aromatic N) is 1. The fraction of sp³-hybridized carbons (Fsp3) is 0.176. The molecule has 0 spiro atoms. The number of halogens is 1. The van der Waals surface area contributed by atoms with E-state index in [1.54, 1.807) is 24.3 Å². The average Bonchev–Trinajstić information content (AvgIpc) is 2.55. The quantitative estimate of drug-likeness (QED) is 0.863. The molecule has 8 heteroatoms. The third kappa shape index (κ3) is 5.30. The summed E-state index contributed by atoms with van der Waals surface area (Å²) in [5.41, 5.74) is 0.877. The van der Waals surface area contributed by atoms with Gasteiger partial charge in [-0.3, -0.25) is 9.59 Å².